The van der Waals surface area contributed by atoms with Crippen LogP contribution in [0.25, 0.3) is 0 Å². The number of amides is 1. The van der Waals surface area contributed by atoms with Crippen molar-refractivity contribution in [1.29, 1.82) is 0 Å². The highest BCUT2D eigenvalue weighted by atomic mass is 35.5. The normalized spacial score (nSPS) is 24.9. The summed E-state index contributed by atoms with van der Waals surface area (Å²) in [6.45, 7) is 0. The number of carbonyl (C=O) groups excluding carboxylic acids is 1. The Bertz CT molecular complexity index is 825. The van der Waals surface area contributed by atoms with E-state index < -0.39 is 21.6 Å². The van der Waals surface area contributed by atoms with Crippen LogP contribution in [0, 0.1) is 0 Å². The minimum atomic E-state index is -2.68. The zero-order valence-corrected chi connectivity index (χ0v) is 12.2. The number of rotatable bonds is 1. The summed E-state index contributed by atoms with van der Waals surface area (Å²) < 4.78 is 16.3. The molecule has 1 aliphatic rings. The predicted molar refractivity (Wildman–Crippen MR) is 77.3 cm³/mol. The Balaban J connectivity index is 2.27. The van der Waals surface area contributed by atoms with Crippen molar-refractivity contribution < 1.29 is 9.00 Å². The Morgan fingerprint density at radius 1 is 1.15 bits per heavy atom. The lowest BCUT2D eigenvalue weighted by molar-refractivity contribution is -0.118. The number of hydrogen-bond donors (Lipinski definition) is 0. The number of nitrogens with zero attached hydrogens (tertiary/aromatic N) is 2. The van der Waals surface area contributed by atoms with Crippen molar-refractivity contribution in [3.05, 3.63) is 58.9 Å². The lowest BCUT2D eigenvalue weighted by atomic mass is 9.94. The molecule has 4 nitrogen and oxygen atoms in total. The van der Waals surface area contributed by atoms with Gasteiger partial charge in [0.25, 0.3) is 5.91 Å². The summed E-state index contributed by atoms with van der Waals surface area (Å²) in [5.41, 5.74) is 1.21. The molecule has 1 aromatic carbocycles. The van der Waals surface area contributed by atoms with Crippen LogP contribution in [0.4, 0.5) is 0 Å². The third-order valence-electron chi connectivity index (χ3n) is 3.18. The lowest BCUT2D eigenvalue weighted by Crippen LogP contribution is -2.22. The molecular formula is C14H11ClN2O2S. The van der Waals surface area contributed by atoms with Gasteiger partial charge >= 0.3 is 0 Å². The zero-order valence-electron chi connectivity index (χ0n) is 10.6. The molecular weight excluding hydrogens is 296 g/mol. The van der Waals surface area contributed by atoms with Gasteiger partial charge in [0.15, 0.2) is 0 Å². The van der Waals surface area contributed by atoms with E-state index in [4.69, 9.17) is 11.6 Å². The highest BCUT2D eigenvalue weighted by molar-refractivity contribution is 7.93. The van der Waals surface area contributed by atoms with E-state index in [0.717, 1.165) is 0 Å². The number of halogens is 1. The maximum Gasteiger partial charge on any atom is 0.267 e. The van der Waals surface area contributed by atoms with Crippen LogP contribution in [0.15, 0.2) is 51.7 Å². The fourth-order valence-electron chi connectivity index (χ4n) is 2.34. The van der Waals surface area contributed by atoms with Gasteiger partial charge in [-0.2, -0.15) is 4.36 Å². The van der Waals surface area contributed by atoms with Gasteiger partial charge in [-0.15, -0.1) is 0 Å². The molecule has 0 aliphatic carbocycles. The fraction of sp³-hybridized carbons (Fsp3) is 0.143. The molecule has 2 aromatic rings. The number of fused-ring (bicyclic) bond motifs is 1. The molecule has 0 radical (unpaired) electrons. The summed E-state index contributed by atoms with van der Waals surface area (Å²) in [6, 6.07) is 12.2. The summed E-state index contributed by atoms with van der Waals surface area (Å²) in [5, 5.41) is 0.315. The molecule has 0 saturated heterocycles. The van der Waals surface area contributed by atoms with Crippen LogP contribution in [0.1, 0.15) is 17.2 Å². The van der Waals surface area contributed by atoms with Gasteiger partial charge in [-0.25, -0.2) is 9.19 Å². The molecule has 2 heterocycles. The smallest absolute Gasteiger partial charge is 0.267 e. The second-order valence-electron chi connectivity index (χ2n) is 4.59. The number of hydrogen-bond acceptors (Lipinski definition) is 3. The van der Waals surface area contributed by atoms with Gasteiger partial charge in [-0.1, -0.05) is 35.9 Å². The van der Waals surface area contributed by atoms with Gasteiger partial charge in [-0.05, 0) is 23.8 Å². The van der Waals surface area contributed by atoms with Crippen molar-refractivity contribution in [2.45, 2.75) is 10.8 Å². The molecule has 0 bridgehead atoms. The molecule has 0 spiro atoms. The molecule has 1 amide bonds. The fourth-order valence-corrected chi connectivity index (χ4v) is 4.01. The van der Waals surface area contributed by atoms with E-state index in [1.165, 1.54) is 6.26 Å². The van der Waals surface area contributed by atoms with E-state index in [1.807, 2.05) is 6.07 Å². The first-order valence-electron chi connectivity index (χ1n) is 5.96. The van der Waals surface area contributed by atoms with Crippen molar-refractivity contribution >= 4 is 27.2 Å². The standard InChI is InChI=1S/C14H11ClN2O2S/c1-20(19)11-7-3-2-5-9(11)13(14(18)17-20)10-6-4-8-12(15)16-10/h2-8,13H,1H3/t13-,20?/m1/s1. The van der Waals surface area contributed by atoms with E-state index >= 15 is 0 Å². The second-order valence-corrected chi connectivity index (χ2v) is 7.20. The van der Waals surface area contributed by atoms with E-state index in [0.29, 0.717) is 21.3 Å². The van der Waals surface area contributed by atoms with E-state index in [2.05, 4.69) is 9.35 Å². The monoisotopic (exact) mass is 306 g/mol. The Morgan fingerprint density at radius 2 is 1.90 bits per heavy atom. The van der Waals surface area contributed by atoms with Crippen molar-refractivity contribution in [3.8, 4) is 0 Å². The molecule has 1 unspecified atom stereocenters. The van der Waals surface area contributed by atoms with Gasteiger partial charge in [0.2, 0.25) is 0 Å². The molecule has 0 N–H and O–H groups in total. The molecule has 20 heavy (non-hydrogen) atoms. The van der Waals surface area contributed by atoms with Crippen LogP contribution >= 0.6 is 11.6 Å². The Labute approximate surface area is 122 Å². The lowest BCUT2D eigenvalue weighted by Gasteiger charge is -2.22. The Hall–Kier alpha value is -1.72. The van der Waals surface area contributed by atoms with Gasteiger partial charge in [-0.3, -0.25) is 4.79 Å². The first-order valence-corrected chi connectivity index (χ1v) is 8.26. The van der Waals surface area contributed by atoms with Crippen LogP contribution in [0.2, 0.25) is 5.15 Å². The average Bonchev–Trinajstić information content (AvgIpc) is 2.38. The summed E-state index contributed by atoms with van der Waals surface area (Å²) >= 11 is 5.89. The van der Waals surface area contributed by atoms with Crippen LogP contribution in [0.3, 0.4) is 0 Å². The number of aromatic nitrogens is 1. The largest absolute Gasteiger partial charge is 0.271 e. The van der Waals surface area contributed by atoms with Crippen molar-refractivity contribution in [2.24, 2.45) is 4.36 Å². The zero-order chi connectivity index (χ0) is 14.3. The summed E-state index contributed by atoms with van der Waals surface area (Å²) in [5.74, 6) is -1.08. The minimum absolute atomic E-state index is 0.315. The van der Waals surface area contributed by atoms with Crippen molar-refractivity contribution in [2.75, 3.05) is 6.26 Å². The molecule has 1 aliphatic heterocycles. The highest BCUT2D eigenvalue weighted by Crippen LogP contribution is 2.35. The quantitative estimate of drug-likeness (QED) is 0.761. The highest BCUT2D eigenvalue weighted by Gasteiger charge is 2.33. The first-order chi connectivity index (χ1) is 9.49. The van der Waals surface area contributed by atoms with E-state index in [9.17, 15) is 9.00 Å². The van der Waals surface area contributed by atoms with Crippen LogP contribution < -0.4 is 0 Å². The van der Waals surface area contributed by atoms with Crippen LogP contribution in [-0.2, 0) is 14.5 Å². The topological polar surface area (TPSA) is 59.4 Å². The van der Waals surface area contributed by atoms with Crippen LogP contribution in [0.5, 0.6) is 0 Å². The van der Waals surface area contributed by atoms with E-state index in [-0.39, 0.29) is 0 Å². The van der Waals surface area contributed by atoms with E-state index in [1.54, 1.807) is 36.4 Å². The maximum atomic E-state index is 12.4. The number of pyridine rings is 1. The molecule has 0 fully saturated rings. The average molecular weight is 307 g/mol. The summed E-state index contributed by atoms with van der Waals surface area (Å²) in [7, 11) is -2.68. The maximum absolute atomic E-state index is 12.4. The molecule has 0 saturated carbocycles. The van der Waals surface area contributed by atoms with Gasteiger partial charge < -0.3 is 0 Å². The SMILES string of the molecule is CS1(=O)=NC(=O)[C@@H](c2cccc(Cl)n2)c2ccccc21. The first kappa shape index (κ1) is 13.3. The van der Waals surface area contributed by atoms with Gasteiger partial charge in [0.05, 0.1) is 20.3 Å². The third kappa shape index (κ3) is 2.13. The Morgan fingerprint density at radius 3 is 2.65 bits per heavy atom. The molecule has 6 heteroatoms. The van der Waals surface area contributed by atoms with Crippen LogP contribution in [-0.4, -0.2) is 21.4 Å². The molecule has 1 aromatic heterocycles. The molecule has 102 valence electrons. The summed E-state index contributed by atoms with van der Waals surface area (Å²) in [4.78, 5) is 17.0. The van der Waals surface area contributed by atoms with Gasteiger partial charge in [0.1, 0.15) is 11.1 Å². The number of carbonyl (C=O) groups is 1. The second kappa shape index (κ2) is 4.68. The number of benzene rings is 1. The Kier molecular flexibility index (Phi) is 3.11. The van der Waals surface area contributed by atoms with Crippen molar-refractivity contribution in [3.63, 3.8) is 0 Å². The minimum Gasteiger partial charge on any atom is -0.271 e. The molecule has 3 rings (SSSR count). The molecule has 2 atom stereocenters. The third-order valence-corrected chi connectivity index (χ3v) is 5.11. The summed E-state index contributed by atoms with van der Waals surface area (Å²) in [6.07, 6.45) is 1.48. The van der Waals surface area contributed by atoms with Gasteiger partial charge in [0, 0.05) is 6.26 Å². The van der Waals surface area contributed by atoms with Crippen molar-refractivity contribution in [1.82, 2.24) is 4.98 Å². The predicted octanol–water partition coefficient (Wildman–Crippen LogP) is 2.86.